The van der Waals surface area contributed by atoms with Gasteiger partial charge in [0.05, 0.1) is 0 Å². The fraction of sp³-hybridized carbons (Fsp3) is 0.571. The third-order valence-corrected chi connectivity index (χ3v) is 5.46. The van der Waals surface area contributed by atoms with Crippen molar-refractivity contribution in [1.82, 2.24) is 0 Å². The standard InChI is InChI=1S/C14H24O2Si/c1-14(2,3)16-17(4,5)13-8-6-12(7-9-13)10-11-15/h6-9,15H,10-11H2,1-5H3. The molecule has 0 amide bonds. The summed E-state index contributed by atoms with van der Waals surface area (Å²) in [7, 11) is -1.82. The van der Waals surface area contributed by atoms with Gasteiger partial charge in [-0.05, 0) is 51.0 Å². The SMILES string of the molecule is CC(C)(C)O[Si](C)(C)c1ccc(CCO)cc1. The summed E-state index contributed by atoms with van der Waals surface area (Å²) in [6.45, 7) is 10.9. The molecule has 96 valence electrons. The summed E-state index contributed by atoms with van der Waals surface area (Å²) in [4.78, 5) is 0. The minimum atomic E-state index is -1.82. The maximum Gasteiger partial charge on any atom is 0.218 e. The van der Waals surface area contributed by atoms with Crippen LogP contribution in [0.1, 0.15) is 26.3 Å². The molecule has 3 heteroatoms. The second kappa shape index (κ2) is 5.34. The molecule has 0 aliphatic carbocycles. The van der Waals surface area contributed by atoms with Crippen molar-refractivity contribution in [2.75, 3.05) is 6.61 Å². The molecule has 2 nitrogen and oxygen atoms in total. The van der Waals surface area contributed by atoms with Crippen LogP contribution in [0.3, 0.4) is 0 Å². The Balaban J connectivity index is 2.84. The highest BCUT2D eigenvalue weighted by Gasteiger charge is 2.30. The second-order valence-corrected chi connectivity index (χ2v) is 9.70. The van der Waals surface area contributed by atoms with Crippen LogP contribution in [0.15, 0.2) is 24.3 Å². The molecule has 1 aromatic carbocycles. The second-order valence-electron chi connectivity index (χ2n) is 5.90. The number of rotatable bonds is 4. The summed E-state index contributed by atoms with van der Waals surface area (Å²) in [6.07, 6.45) is 0.725. The molecular formula is C14H24O2Si. The predicted molar refractivity (Wildman–Crippen MR) is 75.2 cm³/mol. The smallest absolute Gasteiger partial charge is 0.218 e. The van der Waals surface area contributed by atoms with Crippen molar-refractivity contribution in [3.8, 4) is 0 Å². The lowest BCUT2D eigenvalue weighted by Crippen LogP contribution is -2.49. The van der Waals surface area contributed by atoms with Gasteiger partial charge in [-0.15, -0.1) is 0 Å². The first-order valence-electron chi connectivity index (χ1n) is 6.15. The van der Waals surface area contributed by atoms with Crippen molar-refractivity contribution < 1.29 is 9.53 Å². The van der Waals surface area contributed by atoms with Crippen LogP contribution in [-0.2, 0) is 10.8 Å². The molecule has 0 atom stereocenters. The van der Waals surface area contributed by atoms with E-state index in [1.165, 1.54) is 10.8 Å². The van der Waals surface area contributed by atoms with E-state index >= 15 is 0 Å². The summed E-state index contributed by atoms with van der Waals surface area (Å²) < 4.78 is 6.20. The summed E-state index contributed by atoms with van der Waals surface area (Å²) in [5.41, 5.74) is 1.08. The van der Waals surface area contributed by atoms with Gasteiger partial charge in [0.25, 0.3) is 0 Å². The molecule has 0 fully saturated rings. The van der Waals surface area contributed by atoms with Crippen LogP contribution >= 0.6 is 0 Å². The third-order valence-electron chi connectivity index (χ3n) is 2.61. The van der Waals surface area contributed by atoms with Gasteiger partial charge in [0.2, 0.25) is 8.32 Å². The number of aliphatic hydroxyl groups is 1. The minimum absolute atomic E-state index is 0.0977. The van der Waals surface area contributed by atoms with Gasteiger partial charge in [0.1, 0.15) is 0 Å². The Hall–Kier alpha value is -0.643. The molecule has 0 heterocycles. The summed E-state index contributed by atoms with van der Waals surface area (Å²) >= 11 is 0. The first-order chi connectivity index (χ1) is 7.74. The van der Waals surface area contributed by atoms with Crippen molar-refractivity contribution in [1.29, 1.82) is 0 Å². The van der Waals surface area contributed by atoms with Crippen molar-refractivity contribution in [3.05, 3.63) is 29.8 Å². The normalized spacial score (nSPS) is 12.8. The fourth-order valence-electron chi connectivity index (χ4n) is 2.03. The highest BCUT2D eigenvalue weighted by molar-refractivity contribution is 6.84. The van der Waals surface area contributed by atoms with Gasteiger partial charge in [-0.2, -0.15) is 0 Å². The maximum atomic E-state index is 8.89. The number of aliphatic hydroxyl groups excluding tert-OH is 1. The van der Waals surface area contributed by atoms with E-state index in [2.05, 4.69) is 58.1 Å². The van der Waals surface area contributed by atoms with Crippen LogP contribution in [0, 0.1) is 0 Å². The quantitative estimate of drug-likeness (QED) is 0.834. The predicted octanol–water partition coefficient (Wildman–Crippen LogP) is 2.45. The number of hydrogen-bond donors (Lipinski definition) is 1. The fourth-order valence-corrected chi connectivity index (χ4v) is 4.64. The third kappa shape index (κ3) is 4.62. The molecule has 0 aliphatic heterocycles. The zero-order chi connectivity index (χ0) is 13.1. The van der Waals surface area contributed by atoms with E-state index in [0.717, 1.165) is 6.42 Å². The maximum absolute atomic E-state index is 8.89. The Morgan fingerprint density at radius 2 is 1.65 bits per heavy atom. The van der Waals surface area contributed by atoms with Crippen LogP contribution in [0.25, 0.3) is 0 Å². The van der Waals surface area contributed by atoms with E-state index in [4.69, 9.17) is 9.53 Å². The zero-order valence-electron chi connectivity index (χ0n) is 11.6. The average molecular weight is 252 g/mol. The Morgan fingerprint density at radius 1 is 1.12 bits per heavy atom. The summed E-state index contributed by atoms with van der Waals surface area (Å²) in [5, 5.41) is 10.2. The van der Waals surface area contributed by atoms with E-state index in [0.29, 0.717) is 0 Å². The van der Waals surface area contributed by atoms with E-state index in [1.807, 2.05) is 0 Å². The zero-order valence-corrected chi connectivity index (χ0v) is 12.6. The average Bonchev–Trinajstić information content (AvgIpc) is 2.15. The van der Waals surface area contributed by atoms with Crippen LogP contribution < -0.4 is 5.19 Å². The minimum Gasteiger partial charge on any atom is -0.408 e. The molecule has 0 radical (unpaired) electrons. The topological polar surface area (TPSA) is 29.5 Å². The van der Waals surface area contributed by atoms with Crippen molar-refractivity contribution in [2.24, 2.45) is 0 Å². The molecule has 0 saturated carbocycles. The number of benzene rings is 1. The van der Waals surface area contributed by atoms with Gasteiger partial charge < -0.3 is 9.53 Å². The lowest BCUT2D eigenvalue weighted by molar-refractivity contribution is 0.125. The molecule has 0 aliphatic rings. The van der Waals surface area contributed by atoms with E-state index in [1.54, 1.807) is 0 Å². The molecule has 0 spiro atoms. The molecular weight excluding hydrogens is 228 g/mol. The molecule has 0 bridgehead atoms. The highest BCUT2D eigenvalue weighted by atomic mass is 28.4. The van der Waals surface area contributed by atoms with Gasteiger partial charge in [0.15, 0.2) is 0 Å². The molecule has 1 N–H and O–H groups in total. The lowest BCUT2D eigenvalue weighted by Gasteiger charge is -2.32. The Morgan fingerprint density at radius 3 is 2.06 bits per heavy atom. The number of hydrogen-bond acceptors (Lipinski definition) is 2. The van der Waals surface area contributed by atoms with Crippen LogP contribution in [0.2, 0.25) is 13.1 Å². The van der Waals surface area contributed by atoms with Crippen molar-refractivity contribution >= 4 is 13.5 Å². The monoisotopic (exact) mass is 252 g/mol. The van der Waals surface area contributed by atoms with E-state index in [9.17, 15) is 0 Å². The molecule has 17 heavy (non-hydrogen) atoms. The van der Waals surface area contributed by atoms with Crippen LogP contribution in [0.5, 0.6) is 0 Å². The lowest BCUT2D eigenvalue weighted by atomic mass is 10.2. The molecule has 1 aromatic rings. The molecule has 1 rings (SSSR count). The molecule has 0 saturated heterocycles. The Bertz CT molecular complexity index is 349. The van der Waals surface area contributed by atoms with Crippen molar-refractivity contribution in [2.45, 2.75) is 45.9 Å². The van der Waals surface area contributed by atoms with Crippen LogP contribution in [-0.4, -0.2) is 25.6 Å². The van der Waals surface area contributed by atoms with Gasteiger partial charge in [-0.3, -0.25) is 0 Å². The highest BCUT2D eigenvalue weighted by Crippen LogP contribution is 2.17. The summed E-state index contributed by atoms with van der Waals surface area (Å²) in [5.74, 6) is 0. The van der Waals surface area contributed by atoms with E-state index in [-0.39, 0.29) is 12.2 Å². The first-order valence-corrected chi connectivity index (χ1v) is 9.06. The largest absolute Gasteiger partial charge is 0.408 e. The summed E-state index contributed by atoms with van der Waals surface area (Å²) in [6, 6.07) is 8.46. The van der Waals surface area contributed by atoms with Gasteiger partial charge >= 0.3 is 0 Å². The van der Waals surface area contributed by atoms with E-state index < -0.39 is 8.32 Å². The Kier molecular flexibility index (Phi) is 4.53. The molecule has 0 unspecified atom stereocenters. The molecule has 0 aromatic heterocycles. The van der Waals surface area contributed by atoms with Gasteiger partial charge in [0, 0.05) is 12.2 Å². The van der Waals surface area contributed by atoms with Crippen molar-refractivity contribution in [3.63, 3.8) is 0 Å². The van der Waals surface area contributed by atoms with Crippen LogP contribution in [0.4, 0.5) is 0 Å². The van der Waals surface area contributed by atoms with Gasteiger partial charge in [-0.1, -0.05) is 24.3 Å². The van der Waals surface area contributed by atoms with Gasteiger partial charge in [-0.25, -0.2) is 0 Å². The Labute approximate surface area is 106 Å². The first kappa shape index (κ1) is 14.4.